The second-order valence-corrected chi connectivity index (χ2v) is 6.00. The Bertz CT molecular complexity index is 667. The third kappa shape index (κ3) is 6.07. The normalized spacial score (nSPS) is 13.2. The maximum atomic E-state index is 12.8. The van der Waals surface area contributed by atoms with Gasteiger partial charge in [0.05, 0.1) is 11.1 Å². The first-order valence-electron chi connectivity index (χ1n) is 6.38. The summed E-state index contributed by atoms with van der Waals surface area (Å²) < 4.78 is 76.7. The number of nitrogens with one attached hydrogen (secondary N) is 1. The van der Waals surface area contributed by atoms with Gasteiger partial charge in [0.15, 0.2) is 0 Å². The fraction of sp³-hybridized carbons (Fsp3) is 0.286. The number of hydrogen-bond donors (Lipinski definition) is 2. The van der Waals surface area contributed by atoms with E-state index in [9.17, 15) is 35.9 Å². The molecule has 1 aromatic rings. The van der Waals surface area contributed by atoms with Crippen molar-refractivity contribution in [2.24, 2.45) is 0 Å². The summed E-state index contributed by atoms with van der Waals surface area (Å²) in [7, 11) is 0. The molecule has 0 bridgehead atoms. The number of carboxylic acids is 1. The van der Waals surface area contributed by atoms with E-state index in [1.807, 2.05) is 5.32 Å². The summed E-state index contributed by atoms with van der Waals surface area (Å²) in [5.41, 5.74) is -4.32. The predicted octanol–water partition coefficient (Wildman–Crippen LogP) is 4.21. The van der Waals surface area contributed by atoms with Crippen molar-refractivity contribution in [3.63, 3.8) is 0 Å². The molecule has 0 aliphatic carbocycles. The van der Waals surface area contributed by atoms with Crippen molar-refractivity contribution in [3.05, 3.63) is 46.0 Å². The van der Waals surface area contributed by atoms with E-state index in [2.05, 4.69) is 22.5 Å². The fourth-order valence-corrected chi connectivity index (χ4v) is 2.07. The summed E-state index contributed by atoms with van der Waals surface area (Å²) in [5, 5.41) is 10.8. The Morgan fingerprint density at radius 1 is 1.08 bits per heavy atom. The fourth-order valence-electron chi connectivity index (χ4n) is 1.75. The van der Waals surface area contributed by atoms with Gasteiger partial charge < -0.3 is 10.4 Å². The van der Waals surface area contributed by atoms with Crippen LogP contribution in [0.1, 0.15) is 27.9 Å². The smallest absolute Gasteiger partial charge is 0.416 e. The number of amides is 1. The molecule has 138 valence electrons. The van der Waals surface area contributed by atoms with E-state index in [0.29, 0.717) is 0 Å². The Labute approximate surface area is 145 Å². The molecule has 0 spiro atoms. The molecule has 25 heavy (non-hydrogen) atoms. The average molecular weight is 434 g/mol. The minimum atomic E-state index is -5.12. The molecule has 0 radical (unpaired) electrons. The summed E-state index contributed by atoms with van der Waals surface area (Å²) in [6.45, 7) is 3.35. The first kappa shape index (κ1) is 21.0. The molecule has 1 rings (SSSR count). The lowest BCUT2D eigenvalue weighted by molar-refractivity contribution is -0.143. The van der Waals surface area contributed by atoms with Crippen LogP contribution in [0.4, 0.5) is 26.3 Å². The largest absolute Gasteiger partial charge is 0.480 e. The molecule has 0 fully saturated rings. The standard InChI is InChI=1S/C14H10BrF6NO3/c1-6(15)2-10(12(24)25)22-11(23)7-3-8(13(16,17)18)5-9(4-7)14(19,20)21/h3-5,10H,1-2H2,(H,22,23)(H,24,25)/t10-/m1/s1. The van der Waals surface area contributed by atoms with Crippen molar-refractivity contribution in [1.29, 1.82) is 0 Å². The molecule has 2 N–H and O–H groups in total. The quantitative estimate of drug-likeness (QED) is 0.683. The Balaban J connectivity index is 3.28. The zero-order valence-corrected chi connectivity index (χ0v) is 13.7. The Morgan fingerprint density at radius 2 is 1.52 bits per heavy atom. The molecule has 0 heterocycles. The van der Waals surface area contributed by atoms with E-state index in [-0.39, 0.29) is 29.1 Å². The highest BCUT2D eigenvalue weighted by molar-refractivity contribution is 9.11. The number of benzene rings is 1. The summed E-state index contributed by atoms with van der Waals surface area (Å²) in [4.78, 5) is 23.0. The highest BCUT2D eigenvalue weighted by atomic mass is 79.9. The molecule has 0 saturated heterocycles. The minimum absolute atomic E-state index is 0.133. The second kappa shape index (κ2) is 7.46. The molecule has 0 unspecified atom stereocenters. The molecule has 1 aromatic carbocycles. The van der Waals surface area contributed by atoms with Crippen LogP contribution in [0.5, 0.6) is 0 Å². The lowest BCUT2D eigenvalue weighted by Gasteiger charge is -2.16. The highest BCUT2D eigenvalue weighted by Crippen LogP contribution is 2.36. The molecule has 0 aliphatic heterocycles. The van der Waals surface area contributed by atoms with Gasteiger partial charge in [-0.1, -0.05) is 22.5 Å². The minimum Gasteiger partial charge on any atom is -0.480 e. The van der Waals surface area contributed by atoms with Gasteiger partial charge in [-0.3, -0.25) is 4.79 Å². The number of alkyl halides is 6. The van der Waals surface area contributed by atoms with Gasteiger partial charge in [0.2, 0.25) is 0 Å². The van der Waals surface area contributed by atoms with Crippen LogP contribution in [0.2, 0.25) is 0 Å². The van der Waals surface area contributed by atoms with Crippen molar-refractivity contribution >= 4 is 27.8 Å². The number of carboxylic acid groups (broad SMARTS) is 1. The third-order valence-electron chi connectivity index (χ3n) is 2.88. The van der Waals surface area contributed by atoms with E-state index in [0.717, 1.165) is 0 Å². The first-order valence-corrected chi connectivity index (χ1v) is 7.17. The van der Waals surface area contributed by atoms with Gasteiger partial charge in [-0.05, 0) is 22.7 Å². The Hall–Kier alpha value is -2.04. The molecular weight excluding hydrogens is 424 g/mol. The average Bonchev–Trinajstić information content (AvgIpc) is 2.43. The van der Waals surface area contributed by atoms with Crippen LogP contribution < -0.4 is 5.32 Å². The van der Waals surface area contributed by atoms with E-state index < -0.39 is 47.0 Å². The van der Waals surface area contributed by atoms with Crippen LogP contribution in [0.15, 0.2) is 29.3 Å². The Kier molecular flexibility index (Phi) is 6.27. The molecule has 0 aromatic heterocycles. The zero-order chi connectivity index (χ0) is 19.6. The van der Waals surface area contributed by atoms with Gasteiger partial charge in [0, 0.05) is 12.0 Å². The zero-order valence-electron chi connectivity index (χ0n) is 12.1. The maximum absolute atomic E-state index is 12.8. The number of hydrogen-bond acceptors (Lipinski definition) is 2. The molecule has 1 atom stereocenters. The van der Waals surface area contributed by atoms with Crippen LogP contribution in [0, 0.1) is 0 Å². The third-order valence-corrected chi connectivity index (χ3v) is 3.20. The van der Waals surface area contributed by atoms with Crippen molar-refractivity contribution in [1.82, 2.24) is 5.32 Å². The number of carbonyl (C=O) groups is 2. The van der Waals surface area contributed by atoms with Crippen LogP contribution in [0.25, 0.3) is 0 Å². The molecule has 0 saturated carbocycles. The number of rotatable bonds is 5. The first-order chi connectivity index (χ1) is 11.2. The van der Waals surface area contributed by atoms with Crippen molar-refractivity contribution < 1.29 is 41.0 Å². The number of aliphatic carboxylic acids is 1. The van der Waals surface area contributed by atoms with Gasteiger partial charge in [-0.25, -0.2) is 4.79 Å². The lowest BCUT2D eigenvalue weighted by Crippen LogP contribution is -2.40. The molecule has 4 nitrogen and oxygen atoms in total. The summed E-state index contributed by atoms with van der Waals surface area (Å²) in [5.74, 6) is -2.92. The number of carbonyl (C=O) groups excluding carboxylic acids is 1. The topological polar surface area (TPSA) is 66.4 Å². The van der Waals surface area contributed by atoms with E-state index in [1.165, 1.54) is 0 Å². The van der Waals surface area contributed by atoms with Gasteiger partial charge in [-0.2, -0.15) is 26.3 Å². The number of halogens is 7. The second-order valence-electron chi connectivity index (χ2n) is 4.88. The van der Waals surface area contributed by atoms with Crippen LogP contribution in [-0.2, 0) is 17.1 Å². The Morgan fingerprint density at radius 3 is 1.84 bits per heavy atom. The highest BCUT2D eigenvalue weighted by Gasteiger charge is 2.37. The van der Waals surface area contributed by atoms with Crippen molar-refractivity contribution in [2.45, 2.75) is 24.8 Å². The predicted molar refractivity (Wildman–Crippen MR) is 78.0 cm³/mol. The SMILES string of the molecule is C=C(Br)C[C@@H](NC(=O)c1cc(C(F)(F)F)cc(C(F)(F)F)c1)C(=O)O. The van der Waals surface area contributed by atoms with E-state index >= 15 is 0 Å². The van der Waals surface area contributed by atoms with Crippen LogP contribution in [-0.4, -0.2) is 23.0 Å². The molecule has 11 heteroatoms. The lowest BCUT2D eigenvalue weighted by atomic mass is 10.0. The van der Waals surface area contributed by atoms with Gasteiger partial charge >= 0.3 is 18.3 Å². The maximum Gasteiger partial charge on any atom is 0.416 e. The molecular formula is C14H10BrF6NO3. The van der Waals surface area contributed by atoms with Crippen LogP contribution >= 0.6 is 15.9 Å². The van der Waals surface area contributed by atoms with Crippen molar-refractivity contribution in [2.75, 3.05) is 0 Å². The van der Waals surface area contributed by atoms with Gasteiger partial charge in [0.1, 0.15) is 6.04 Å². The summed E-state index contributed by atoms with van der Waals surface area (Å²) >= 11 is 2.86. The van der Waals surface area contributed by atoms with Gasteiger partial charge in [0.25, 0.3) is 5.91 Å². The van der Waals surface area contributed by atoms with E-state index in [4.69, 9.17) is 5.11 Å². The van der Waals surface area contributed by atoms with E-state index in [1.54, 1.807) is 0 Å². The van der Waals surface area contributed by atoms with Gasteiger partial charge in [-0.15, -0.1) is 0 Å². The molecule has 0 aliphatic rings. The van der Waals surface area contributed by atoms with Crippen LogP contribution in [0.3, 0.4) is 0 Å². The van der Waals surface area contributed by atoms with Crippen molar-refractivity contribution in [3.8, 4) is 0 Å². The monoisotopic (exact) mass is 433 g/mol. The molecule has 1 amide bonds. The summed E-state index contributed by atoms with van der Waals surface area (Å²) in [6.07, 6.45) is -10.6. The summed E-state index contributed by atoms with van der Waals surface area (Å²) in [6, 6.07) is -1.28.